The van der Waals surface area contributed by atoms with E-state index in [4.69, 9.17) is 9.84 Å². The number of sulfone groups is 1. The van der Waals surface area contributed by atoms with E-state index < -0.39 is 23.7 Å². The van der Waals surface area contributed by atoms with Gasteiger partial charge in [-0.2, -0.15) is 0 Å². The Balaban J connectivity index is 0.000000220. The molecule has 0 aliphatic carbocycles. The van der Waals surface area contributed by atoms with Crippen molar-refractivity contribution in [3.8, 4) is 17.2 Å². The normalized spacial score (nSPS) is 11.3. The van der Waals surface area contributed by atoms with Gasteiger partial charge < -0.3 is 24.2 Å². The predicted molar refractivity (Wildman–Crippen MR) is 192 cm³/mol. The molecule has 5 aromatic carbocycles. The summed E-state index contributed by atoms with van der Waals surface area (Å²) in [5.41, 5.74) is 0.144. The number of esters is 1. The number of rotatable bonds is 9. The summed E-state index contributed by atoms with van der Waals surface area (Å²) >= 11 is 0. The van der Waals surface area contributed by atoms with Gasteiger partial charge in [-0.05, 0) is 67.2 Å². The molecule has 0 saturated heterocycles. The van der Waals surface area contributed by atoms with E-state index in [0.29, 0.717) is 12.4 Å². The summed E-state index contributed by atoms with van der Waals surface area (Å²) < 4.78 is 37.3. The first-order valence-electron chi connectivity index (χ1n) is 14.4. The van der Waals surface area contributed by atoms with Crippen molar-refractivity contribution in [3.05, 3.63) is 139 Å². The Morgan fingerprint density at radius 1 is 0.766 bits per heavy atom. The predicted octanol–water partition coefficient (Wildman–Crippen LogP) is 5.99. The monoisotopic (exact) mass is 692 g/mol. The van der Waals surface area contributed by atoms with Crippen LogP contribution >= 0.6 is 17.4 Å². The number of aliphatic hydroxyl groups is 1. The lowest BCUT2D eigenvalue weighted by Crippen LogP contribution is -2.20. The Hall–Kier alpha value is -4.10. The molecule has 0 aliphatic rings. The van der Waals surface area contributed by atoms with Gasteiger partial charge in [0.25, 0.3) is 0 Å². The highest BCUT2D eigenvalue weighted by Gasteiger charge is 2.15. The van der Waals surface area contributed by atoms with Gasteiger partial charge in [-0.25, -0.2) is 13.2 Å². The van der Waals surface area contributed by atoms with E-state index in [1.165, 1.54) is 65.5 Å². The van der Waals surface area contributed by atoms with Crippen molar-refractivity contribution in [2.75, 3.05) is 20.0 Å². The van der Waals surface area contributed by atoms with E-state index in [1.54, 1.807) is 6.92 Å². The van der Waals surface area contributed by atoms with Gasteiger partial charge in [-0.3, -0.25) is 0 Å². The lowest BCUT2D eigenvalue weighted by atomic mass is 10.2. The Kier molecular flexibility index (Phi) is 15.0. The van der Waals surface area contributed by atoms with Crippen LogP contribution in [0.25, 0.3) is 0 Å². The highest BCUT2D eigenvalue weighted by molar-refractivity contribution is 7.90. The van der Waals surface area contributed by atoms with Crippen LogP contribution < -0.4 is 20.7 Å². The van der Waals surface area contributed by atoms with Crippen molar-refractivity contribution >= 4 is 49.1 Å². The van der Waals surface area contributed by atoms with Crippen molar-refractivity contribution in [1.82, 2.24) is 0 Å². The number of phenolic OH excluding ortho intramolecular Hbond substituents is 1. The van der Waals surface area contributed by atoms with Gasteiger partial charge in [0.2, 0.25) is 0 Å². The van der Waals surface area contributed by atoms with E-state index in [9.17, 15) is 18.3 Å². The molecule has 0 amide bonds. The van der Waals surface area contributed by atoms with Crippen molar-refractivity contribution < 1.29 is 37.4 Å². The number of carbonyl (C=O) groups excluding carboxylic acids is 1. The minimum Gasteiger partial charge on any atom is -0.508 e. The van der Waals surface area contributed by atoms with Crippen LogP contribution in [0, 0.1) is 0 Å². The third-order valence-electron chi connectivity index (χ3n) is 6.18. The van der Waals surface area contributed by atoms with Gasteiger partial charge in [0.15, 0.2) is 9.84 Å². The molecule has 47 heavy (non-hydrogen) atoms. The summed E-state index contributed by atoms with van der Waals surface area (Å²) in [6.45, 7) is 2.06. The number of benzene rings is 5. The zero-order valence-electron chi connectivity index (χ0n) is 26.3. The third-order valence-corrected chi connectivity index (χ3v) is 9.95. The smallest absolute Gasteiger partial charge is 0.338 e. The van der Waals surface area contributed by atoms with Crippen LogP contribution in [-0.4, -0.2) is 50.7 Å². The number of methoxy groups -OCH3 is 1. The molecule has 0 aliphatic heterocycles. The fourth-order valence-corrected chi connectivity index (χ4v) is 7.30. The maximum absolute atomic E-state index is 11.5. The minimum absolute atomic E-state index is 0.144. The molecule has 2 atom stereocenters. The van der Waals surface area contributed by atoms with E-state index >= 15 is 0 Å². The average Bonchev–Trinajstić information content (AvgIpc) is 3.06. The fourth-order valence-electron chi connectivity index (χ4n) is 4.09. The largest absolute Gasteiger partial charge is 0.508 e. The summed E-state index contributed by atoms with van der Waals surface area (Å²) in [5.74, 6) is -0.153. The zero-order chi connectivity index (χ0) is 34.2. The molecule has 0 saturated carbocycles. The summed E-state index contributed by atoms with van der Waals surface area (Å²) in [5, 5.41) is 22.2. The van der Waals surface area contributed by atoms with Crippen LogP contribution in [0.2, 0.25) is 0 Å². The average molecular weight is 693 g/mol. The summed E-state index contributed by atoms with van der Waals surface area (Å²) in [6, 6.07) is 42.1. The number of phenols is 1. The standard InChI is InChI=1S/C18H15P.C15H14O6S.C3H9O2P/c1-4-10-16(11-5-1)19(17-12-6-2-7-13-17)18-14-8-3-9-15-18;1-20-15(17)10-7-11(16)9-13(8-10)21-12-3-5-14(6-4-12)22(2,18)19;1-3(4)2-5-6/h1-15H;3-9,16H,1-2H3;3-4H,2,6H2,1H3/t;;3-/m..1/s1. The fraction of sp³-hybridized carbons (Fsp3) is 0.139. The van der Waals surface area contributed by atoms with E-state index in [2.05, 4.69) is 110 Å². The Labute approximate surface area is 279 Å². The van der Waals surface area contributed by atoms with Crippen molar-refractivity contribution in [2.45, 2.75) is 17.9 Å². The molecule has 8 nitrogen and oxygen atoms in total. The van der Waals surface area contributed by atoms with Crippen molar-refractivity contribution in [1.29, 1.82) is 0 Å². The van der Waals surface area contributed by atoms with Crippen LogP contribution in [0.1, 0.15) is 17.3 Å². The van der Waals surface area contributed by atoms with E-state index in [1.807, 2.05) is 0 Å². The van der Waals surface area contributed by atoms with Crippen LogP contribution in [0.3, 0.4) is 0 Å². The van der Waals surface area contributed by atoms with Gasteiger partial charge in [-0.1, -0.05) is 91.0 Å². The molecule has 0 bridgehead atoms. The van der Waals surface area contributed by atoms with Crippen LogP contribution in [0.5, 0.6) is 17.2 Å². The topological polar surface area (TPSA) is 119 Å². The van der Waals surface area contributed by atoms with Gasteiger partial charge in [0.05, 0.1) is 30.3 Å². The number of hydrogen-bond acceptors (Lipinski definition) is 8. The lowest BCUT2D eigenvalue weighted by Gasteiger charge is -2.18. The van der Waals surface area contributed by atoms with E-state index in [-0.39, 0.29) is 28.1 Å². The summed E-state index contributed by atoms with van der Waals surface area (Å²) in [7, 11) is -0.427. The maximum atomic E-state index is 11.5. The van der Waals surface area contributed by atoms with Gasteiger partial charge in [-0.15, -0.1) is 0 Å². The number of aromatic hydroxyl groups is 1. The number of hydrogen-bond donors (Lipinski definition) is 2. The molecule has 5 rings (SSSR count). The maximum Gasteiger partial charge on any atom is 0.338 e. The molecule has 11 heteroatoms. The second kappa shape index (κ2) is 18.9. The van der Waals surface area contributed by atoms with E-state index in [0.717, 1.165) is 6.26 Å². The zero-order valence-corrected chi connectivity index (χ0v) is 29.1. The minimum atomic E-state index is -3.28. The van der Waals surface area contributed by atoms with Gasteiger partial charge in [0, 0.05) is 21.8 Å². The molecule has 0 aromatic heterocycles. The molecule has 5 aromatic rings. The summed E-state index contributed by atoms with van der Waals surface area (Å²) in [6.07, 6.45) is 0.767. The Bertz CT molecular complexity index is 1680. The summed E-state index contributed by atoms with van der Waals surface area (Å²) in [4.78, 5) is 11.6. The molecule has 246 valence electrons. The molecule has 0 radical (unpaired) electrons. The molecule has 0 fully saturated rings. The van der Waals surface area contributed by atoms with Crippen LogP contribution in [0.15, 0.2) is 138 Å². The van der Waals surface area contributed by atoms with Crippen LogP contribution in [0.4, 0.5) is 0 Å². The highest BCUT2D eigenvalue weighted by atomic mass is 32.2. The highest BCUT2D eigenvalue weighted by Crippen LogP contribution is 2.32. The molecule has 0 spiro atoms. The first-order chi connectivity index (χ1) is 22.5. The van der Waals surface area contributed by atoms with Crippen LogP contribution in [-0.2, 0) is 19.1 Å². The third kappa shape index (κ3) is 12.6. The number of aliphatic hydroxyl groups excluding tert-OH is 1. The Morgan fingerprint density at radius 2 is 1.23 bits per heavy atom. The first kappa shape index (κ1) is 37.4. The molecular weight excluding hydrogens is 654 g/mol. The molecule has 2 N–H and O–H groups in total. The number of carbonyl (C=O) groups is 1. The molecule has 0 heterocycles. The second-order valence-electron chi connectivity index (χ2n) is 10.1. The second-order valence-corrected chi connectivity index (χ2v) is 14.6. The quantitative estimate of drug-likeness (QED) is 0.143. The van der Waals surface area contributed by atoms with Gasteiger partial charge >= 0.3 is 5.97 Å². The first-order valence-corrected chi connectivity index (χ1v) is 18.1. The van der Waals surface area contributed by atoms with Gasteiger partial charge in [0.1, 0.15) is 17.2 Å². The van der Waals surface area contributed by atoms with Crippen molar-refractivity contribution in [3.63, 3.8) is 0 Å². The molecular formula is C36H38O8P2S. The SMILES string of the molecule is COC(=O)c1cc(O)cc(Oc2ccc(S(C)(=O)=O)cc2)c1.C[C@@H](O)COP.c1ccc(P(c2ccccc2)c2ccccc2)cc1. The van der Waals surface area contributed by atoms with Crippen molar-refractivity contribution in [2.24, 2.45) is 0 Å². The Morgan fingerprint density at radius 3 is 1.60 bits per heavy atom. The molecule has 1 unspecified atom stereocenters. The lowest BCUT2D eigenvalue weighted by molar-refractivity contribution is 0.0600. The number of ether oxygens (including phenoxy) is 2.